The van der Waals surface area contributed by atoms with E-state index >= 15 is 0 Å². The molecule has 2 aliphatic heterocycles. The van der Waals surface area contributed by atoms with Gasteiger partial charge in [-0.25, -0.2) is 4.98 Å². The fourth-order valence-corrected chi connectivity index (χ4v) is 4.58. The van der Waals surface area contributed by atoms with Gasteiger partial charge in [-0.3, -0.25) is 9.00 Å². The Morgan fingerprint density at radius 2 is 2.19 bits per heavy atom. The fourth-order valence-electron chi connectivity index (χ4n) is 2.85. The van der Waals surface area contributed by atoms with Crippen LogP contribution in [-0.4, -0.2) is 43.6 Å². The molecule has 0 saturated carbocycles. The van der Waals surface area contributed by atoms with E-state index in [1.54, 1.807) is 4.90 Å². The number of amides is 1. The molecule has 0 radical (unpaired) electrons. The topological polar surface area (TPSA) is 50.3 Å². The number of halogens is 3. The molecular formula is C13H13F3N2O2S. The van der Waals surface area contributed by atoms with Crippen LogP contribution >= 0.6 is 0 Å². The van der Waals surface area contributed by atoms with E-state index in [2.05, 4.69) is 4.98 Å². The summed E-state index contributed by atoms with van der Waals surface area (Å²) < 4.78 is 49.3. The Kier molecular flexibility index (Phi) is 3.51. The van der Waals surface area contributed by atoms with E-state index in [0.717, 1.165) is 12.5 Å². The summed E-state index contributed by atoms with van der Waals surface area (Å²) in [5.41, 5.74) is -0.879. The summed E-state index contributed by atoms with van der Waals surface area (Å²) in [6, 6.07) is 3.52. The first kappa shape index (κ1) is 14.5. The van der Waals surface area contributed by atoms with Gasteiger partial charge in [-0.05, 0) is 18.6 Å². The highest BCUT2D eigenvalue weighted by Gasteiger charge is 2.45. The summed E-state index contributed by atoms with van der Waals surface area (Å²) in [4.78, 5) is 17.3. The quantitative estimate of drug-likeness (QED) is 0.828. The van der Waals surface area contributed by atoms with E-state index < -0.39 is 22.7 Å². The molecule has 1 amide bonds. The number of hydrogen-bond donors (Lipinski definition) is 0. The standard InChI is InChI=1S/C13H13F3N2O2S/c14-13(15,16)11-3-1-2-8(17-11)4-12(19)18-6-10-5-9(18)7-21(10)20/h1-3,9-10H,4-7H2/t9-,10-,21?/m0/s1. The molecular weight excluding hydrogens is 305 g/mol. The lowest BCUT2D eigenvalue weighted by molar-refractivity contribution is -0.141. The minimum absolute atomic E-state index is 0.0217. The van der Waals surface area contributed by atoms with Gasteiger partial charge in [-0.2, -0.15) is 13.2 Å². The minimum atomic E-state index is -4.51. The van der Waals surface area contributed by atoms with Crippen LogP contribution in [-0.2, 0) is 28.2 Å². The summed E-state index contributed by atoms with van der Waals surface area (Å²) in [5, 5.41) is 0.0217. The third kappa shape index (κ3) is 2.81. The van der Waals surface area contributed by atoms with Crippen LogP contribution in [0, 0.1) is 0 Å². The second kappa shape index (κ2) is 5.08. The molecule has 1 unspecified atom stereocenters. The summed E-state index contributed by atoms with van der Waals surface area (Å²) in [6.45, 7) is 0.440. The summed E-state index contributed by atoms with van der Waals surface area (Å²) in [6.07, 6.45) is -3.93. The number of alkyl halides is 3. The first-order chi connectivity index (χ1) is 9.84. The Balaban J connectivity index is 1.70. The van der Waals surface area contributed by atoms with Crippen molar-refractivity contribution in [3.63, 3.8) is 0 Å². The first-order valence-electron chi connectivity index (χ1n) is 6.54. The number of fused-ring (bicyclic) bond motifs is 2. The monoisotopic (exact) mass is 318 g/mol. The highest BCUT2D eigenvalue weighted by Crippen LogP contribution is 2.31. The van der Waals surface area contributed by atoms with Gasteiger partial charge in [0.25, 0.3) is 0 Å². The van der Waals surface area contributed by atoms with E-state index in [0.29, 0.717) is 12.3 Å². The van der Waals surface area contributed by atoms with Gasteiger partial charge in [0.1, 0.15) is 5.69 Å². The van der Waals surface area contributed by atoms with Gasteiger partial charge in [-0.15, -0.1) is 0 Å². The zero-order chi connectivity index (χ0) is 15.2. The number of rotatable bonds is 2. The van der Waals surface area contributed by atoms with Crippen LogP contribution in [0.3, 0.4) is 0 Å². The van der Waals surface area contributed by atoms with E-state index in [9.17, 15) is 22.2 Å². The van der Waals surface area contributed by atoms with Gasteiger partial charge in [0.15, 0.2) is 0 Å². The third-order valence-corrected chi connectivity index (χ3v) is 5.65. The van der Waals surface area contributed by atoms with Crippen LogP contribution in [0.15, 0.2) is 18.2 Å². The maximum atomic E-state index is 12.6. The molecule has 2 saturated heterocycles. The van der Waals surface area contributed by atoms with Crippen LogP contribution in [0.4, 0.5) is 13.2 Å². The third-order valence-electron chi connectivity index (χ3n) is 3.85. The predicted octanol–water partition coefficient (Wildman–Crippen LogP) is 1.37. The van der Waals surface area contributed by atoms with E-state index in [4.69, 9.17) is 0 Å². The first-order valence-corrected chi connectivity index (χ1v) is 7.92. The molecule has 0 N–H and O–H groups in total. The number of carbonyl (C=O) groups is 1. The Hall–Kier alpha value is -1.44. The Morgan fingerprint density at radius 3 is 2.76 bits per heavy atom. The van der Waals surface area contributed by atoms with Gasteiger partial charge in [0.2, 0.25) is 5.91 Å². The largest absolute Gasteiger partial charge is 0.433 e. The fraction of sp³-hybridized carbons (Fsp3) is 0.538. The lowest BCUT2D eigenvalue weighted by Crippen LogP contribution is -2.43. The Morgan fingerprint density at radius 1 is 1.43 bits per heavy atom. The van der Waals surface area contributed by atoms with Gasteiger partial charge < -0.3 is 4.90 Å². The molecule has 2 bridgehead atoms. The van der Waals surface area contributed by atoms with Crippen molar-refractivity contribution < 1.29 is 22.2 Å². The average Bonchev–Trinajstić information content (AvgIpc) is 2.97. The molecule has 3 heterocycles. The van der Waals surface area contributed by atoms with Crippen LogP contribution in [0.2, 0.25) is 0 Å². The normalized spacial score (nSPS) is 28.1. The molecule has 3 atom stereocenters. The molecule has 1 aromatic heterocycles. The number of carbonyl (C=O) groups excluding carboxylic acids is 1. The Bertz CT molecular complexity index is 605. The molecule has 21 heavy (non-hydrogen) atoms. The summed E-state index contributed by atoms with van der Waals surface area (Å²) in [7, 11) is -0.868. The molecule has 1 aromatic rings. The second-order valence-corrected chi connectivity index (χ2v) is 7.06. The van der Waals surface area contributed by atoms with E-state index in [1.165, 1.54) is 12.1 Å². The minimum Gasteiger partial charge on any atom is -0.337 e. The van der Waals surface area contributed by atoms with Crippen molar-refractivity contribution in [1.82, 2.24) is 9.88 Å². The molecule has 114 valence electrons. The molecule has 0 spiro atoms. The second-order valence-electron chi connectivity index (χ2n) is 5.29. The number of nitrogens with zero attached hydrogens (tertiary/aromatic N) is 2. The number of hydrogen-bond acceptors (Lipinski definition) is 3. The van der Waals surface area contributed by atoms with E-state index in [-0.39, 0.29) is 29.3 Å². The van der Waals surface area contributed by atoms with Crippen LogP contribution in [0.1, 0.15) is 17.8 Å². The van der Waals surface area contributed by atoms with Gasteiger partial charge in [-0.1, -0.05) is 6.07 Å². The van der Waals surface area contributed by atoms with Gasteiger partial charge in [0.05, 0.1) is 17.4 Å². The van der Waals surface area contributed by atoms with Gasteiger partial charge in [0, 0.05) is 29.1 Å². The SMILES string of the molecule is O=C(Cc1cccc(C(F)(F)F)n1)N1C[C@@H]2C[C@H]1CS2=O. The number of aromatic nitrogens is 1. The van der Waals surface area contributed by atoms with Crippen LogP contribution in [0.25, 0.3) is 0 Å². The Labute approximate surface area is 121 Å². The number of pyridine rings is 1. The predicted molar refractivity (Wildman–Crippen MR) is 69.9 cm³/mol. The molecule has 8 heteroatoms. The highest BCUT2D eigenvalue weighted by atomic mass is 32.2. The molecule has 3 rings (SSSR count). The average molecular weight is 318 g/mol. The molecule has 0 aliphatic carbocycles. The van der Waals surface area contributed by atoms with Crippen molar-refractivity contribution >= 4 is 16.7 Å². The summed E-state index contributed by atoms with van der Waals surface area (Å²) in [5.74, 6) is 0.234. The lowest BCUT2D eigenvalue weighted by atomic mass is 10.2. The van der Waals surface area contributed by atoms with Crippen molar-refractivity contribution in [2.45, 2.75) is 30.3 Å². The van der Waals surface area contributed by atoms with Crippen molar-refractivity contribution in [2.75, 3.05) is 12.3 Å². The van der Waals surface area contributed by atoms with Crippen molar-refractivity contribution in [1.29, 1.82) is 0 Å². The highest BCUT2D eigenvalue weighted by molar-refractivity contribution is 7.86. The smallest absolute Gasteiger partial charge is 0.337 e. The lowest BCUT2D eigenvalue weighted by Gasteiger charge is -2.26. The van der Waals surface area contributed by atoms with Crippen molar-refractivity contribution in [3.8, 4) is 0 Å². The van der Waals surface area contributed by atoms with Crippen molar-refractivity contribution in [3.05, 3.63) is 29.6 Å². The van der Waals surface area contributed by atoms with Crippen LogP contribution < -0.4 is 0 Å². The zero-order valence-corrected chi connectivity index (χ0v) is 11.8. The van der Waals surface area contributed by atoms with Gasteiger partial charge >= 0.3 is 6.18 Å². The molecule has 4 nitrogen and oxygen atoms in total. The molecule has 2 fully saturated rings. The maximum absolute atomic E-state index is 12.6. The molecule has 2 aliphatic rings. The zero-order valence-electron chi connectivity index (χ0n) is 11.0. The van der Waals surface area contributed by atoms with Crippen LogP contribution in [0.5, 0.6) is 0 Å². The van der Waals surface area contributed by atoms with E-state index in [1.807, 2.05) is 0 Å². The van der Waals surface area contributed by atoms with Crippen molar-refractivity contribution in [2.24, 2.45) is 0 Å². The number of likely N-dealkylation sites (tertiary alicyclic amines) is 1. The maximum Gasteiger partial charge on any atom is 0.433 e. The summed E-state index contributed by atoms with van der Waals surface area (Å²) >= 11 is 0. The molecule has 0 aromatic carbocycles.